The lowest BCUT2D eigenvalue weighted by molar-refractivity contribution is -0.364. The zero-order chi connectivity index (χ0) is 47.7. The largest absolute Gasteiger partial charge is 0.460 e. The van der Waals surface area contributed by atoms with E-state index in [1.807, 2.05) is 0 Å². The predicted molar refractivity (Wildman–Crippen MR) is 215 cm³/mol. The number of carbonyl (C=O) groups is 1. The third kappa shape index (κ3) is 11.6. The molecule has 66 heavy (non-hydrogen) atoms. The number of esters is 1. The summed E-state index contributed by atoms with van der Waals surface area (Å²) in [4.78, 5) is 12.6. The fraction of sp³-hybridized carbons (Fsp3) is 0.929. The van der Waals surface area contributed by atoms with Crippen molar-refractivity contribution in [1.82, 2.24) is 0 Å². The van der Waals surface area contributed by atoms with Crippen molar-refractivity contribution in [3.63, 3.8) is 0 Å². The quantitative estimate of drug-likeness (QED) is 0.0463. The van der Waals surface area contributed by atoms with Gasteiger partial charge in [0.15, 0.2) is 31.1 Å². The van der Waals surface area contributed by atoms with E-state index in [9.17, 15) is 81.4 Å². The first-order valence-corrected chi connectivity index (χ1v) is 22.9. The Balaban J connectivity index is 1.03. The maximum absolute atomic E-state index is 12.6. The van der Waals surface area contributed by atoms with E-state index in [0.29, 0.717) is 19.3 Å². The number of aliphatic hydroxyl groups is 17. The SMILES string of the molecule is O=C(C=CC1CCC(O)C(O)C1)OCC1OC(OC2CC(O)C3CC(OC4OC(CO)C(O)C(O)C4O)C(C4CCC(O)C(OC5OC(CO)C(O)C(O)C5O)C4)[OH+]C3C2)C(O)C(O)C1O. The molecule has 0 aromatic carbocycles. The summed E-state index contributed by atoms with van der Waals surface area (Å²) in [5, 5.41) is 158. The zero-order valence-corrected chi connectivity index (χ0v) is 36.1. The van der Waals surface area contributed by atoms with Gasteiger partial charge in [0, 0.05) is 24.8 Å². The molecule has 3 saturated carbocycles. The number of carbonyl (C=O) groups excluding carboxylic acids is 1. The summed E-state index contributed by atoms with van der Waals surface area (Å²) in [6, 6.07) is 0. The maximum Gasteiger partial charge on any atom is 0.330 e. The molecule has 0 radical (unpaired) electrons. The van der Waals surface area contributed by atoms with Gasteiger partial charge in [-0.05, 0) is 50.9 Å². The molecule has 4 aliphatic heterocycles. The van der Waals surface area contributed by atoms with Gasteiger partial charge in [0.2, 0.25) is 0 Å². The molecule has 16 N–H and O–H groups in total. The van der Waals surface area contributed by atoms with Crippen LogP contribution in [0.2, 0.25) is 0 Å². The van der Waals surface area contributed by atoms with Crippen molar-refractivity contribution in [2.45, 2.75) is 205 Å². The molecule has 4 saturated heterocycles. The van der Waals surface area contributed by atoms with Crippen molar-refractivity contribution < 1.29 is 119 Å². The Bertz CT molecular complexity index is 1580. The maximum atomic E-state index is 12.6. The van der Waals surface area contributed by atoms with Crippen LogP contribution < -0.4 is 0 Å². The van der Waals surface area contributed by atoms with Crippen molar-refractivity contribution in [2.24, 2.45) is 17.8 Å². The highest BCUT2D eigenvalue weighted by Gasteiger charge is 2.57. The van der Waals surface area contributed by atoms with E-state index in [0.717, 1.165) is 6.08 Å². The number of fused-ring (bicyclic) bond motifs is 1. The molecule has 0 bridgehead atoms. The van der Waals surface area contributed by atoms with Crippen LogP contribution in [0.15, 0.2) is 12.2 Å². The van der Waals surface area contributed by atoms with Crippen molar-refractivity contribution >= 4 is 5.97 Å². The van der Waals surface area contributed by atoms with Gasteiger partial charge >= 0.3 is 5.97 Å². The lowest BCUT2D eigenvalue weighted by Gasteiger charge is -2.49. The van der Waals surface area contributed by atoms with Crippen LogP contribution in [0.1, 0.15) is 57.8 Å². The summed E-state index contributed by atoms with van der Waals surface area (Å²) in [5.74, 6) is -2.06. The molecule has 27 atom stereocenters. The normalized spacial score (nSPS) is 51.6. The molecule has 24 heteroatoms. The van der Waals surface area contributed by atoms with Crippen LogP contribution in [0.25, 0.3) is 0 Å². The summed E-state index contributed by atoms with van der Waals surface area (Å²) in [6.07, 6.45) is -27.9. The van der Waals surface area contributed by atoms with Crippen LogP contribution in [-0.2, 0) is 38.0 Å². The Morgan fingerprint density at radius 1 is 0.530 bits per heavy atom. The van der Waals surface area contributed by atoms with Crippen molar-refractivity contribution in [1.29, 1.82) is 0 Å². The standard InChI is InChI=1S/C42H68O24/c43-12-26-30(50)33(53)37(57)41(64-26)62-24-8-16(3-5-20(24)46)39-25(63-42-38(58)34(54)31(51)27(13-44)65-42)11-18-21(47)9-17(10-23(18)61-39)60-40-36(56)35(55)32(52)28(66-40)14-59-29(49)6-2-15-1-4-19(45)22(48)7-15/h2,6,15-28,30-48,50-58H,1,3-5,7-14H2/p+1. The van der Waals surface area contributed by atoms with E-state index in [2.05, 4.69) is 0 Å². The highest BCUT2D eigenvalue weighted by atomic mass is 16.7. The Hall–Kier alpha value is -1.67. The lowest BCUT2D eigenvalue weighted by atomic mass is 9.72. The molecular weight excluding hydrogens is 888 g/mol. The number of rotatable bonds is 13. The van der Waals surface area contributed by atoms with Crippen LogP contribution in [0.3, 0.4) is 0 Å². The van der Waals surface area contributed by atoms with Gasteiger partial charge in [-0.1, -0.05) is 6.08 Å². The fourth-order valence-electron chi connectivity index (χ4n) is 10.5. The zero-order valence-electron chi connectivity index (χ0n) is 36.1. The second kappa shape index (κ2) is 22.6. The first kappa shape index (κ1) is 52.2. The monoisotopic (exact) mass is 957 g/mol. The van der Waals surface area contributed by atoms with Crippen LogP contribution in [0.4, 0.5) is 0 Å². The molecule has 0 aromatic rings. The van der Waals surface area contributed by atoms with Crippen LogP contribution >= 0.6 is 0 Å². The molecule has 24 nitrogen and oxygen atoms in total. The van der Waals surface area contributed by atoms with E-state index in [4.69, 9.17) is 37.9 Å². The average Bonchev–Trinajstić information content (AvgIpc) is 3.30. The fourth-order valence-corrected chi connectivity index (χ4v) is 10.5. The van der Waals surface area contributed by atoms with Gasteiger partial charge < -0.3 is 114 Å². The van der Waals surface area contributed by atoms with Gasteiger partial charge in [0.05, 0.1) is 55.8 Å². The summed E-state index contributed by atoms with van der Waals surface area (Å²) < 4.78 is 45.9. The second-order valence-corrected chi connectivity index (χ2v) is 19.0. The molecule has 7 fully saturated rings. The summed E-state index contributed by atoms with van der Waals surface area (Å²) >= 11 is 0. The molecular formula is C42H69O24+. The summed E-state index contributed by atoms with van der Waals surface area (Å²) in [7, 11) is 0. The summed E-state index contributed by atoms with van der Waals surface area (Å²) in [5.41, 5.74) is 0. The Labute approximate surface area is 379 Å². The molecule has 27 unspecified atom stereocenters. The molecule has 7 rings (SSSR count). The minimum Gasteiger partial charge on any atom is -0.460 e. The first-order valence-electron chi connectivity index (χ1n) is 22.9. The van der Waals surface area contributed by atoms with Gasteiger partial charge in [-0.25, -0.2) is 4.79 Å². The van der Waals surface area contributed by atoms with Gasteiger partial charge in [-0.3, -0.25) is 0 Å². The highest BCUT2D eigenvalue weighted by molar-refractivity contribution is 5.81. The number of hydrogen-bond donors (Lipinski definition) is 15. The second-order valence-electron chi connectivity index (χ2n) is 19.0. The number of hydrogen-bond acceptors (Lipinski definition) is 23. The van der Waals surface area contributed by atoms with Crippen LogP contribution in [0, 0.1) is 17.8 Å². The Morgan fingerprint density at radius 3 is 1.67 bits per heavy atom. The molecule has 380 valence electrons. The van der Waals surface area contributed by atoms with Gasteiger partial charge in [0.1, 0.15) is 86.0 Å². The molecule has 7 aliphatic rings. The summed E-state index contributed by atoms with van der Waals surface area (Å²) in [6.45, 7) is -1.96. The smallest absolute Gasteiger partial charge is 0.330 e. The van der Waals surface area contributed by atoms with Crippen molar-refractivity contribution in [2.75, 3.05) is 19.8 Å². The van der Waals surface area contributed by atoms with Crippen LogP contribution in [-0.4, -0.2) is 254 Å². The molecule has 0 aromatic heterocycles. The van der Waals surface area contributed by atoms with Crippen molar-refractivity contribution in [3.8, 4) is 0 Å². The number of ether oxygens (including phenoxy) is 8. The van der Waals surface area contributed by atoms with E-state index in [1.165, 1.54) is 0 Å². The van der Waals surface area contributed by atoms with Crippen molar-refractivity contribution in [3.05, 3.63) is 12.2 Å². The van der Waals surface area contributed by atoms with E-state index in [-0.39, 0.29) is 44.4 Å². The minimum atomic E-state index is -1.79. The molecule has 4 heterocycles. The third-order valence-corrected chi connectivity index (χ3v) is 14.6. The van der Waals surface area contributed by atoms with E-state index in [1.54, 1.807) is 6.08 Å². The number of aliphatic hydroxyl groups excluding tert-OH is 15. The average molecular weight is 958 g/mol. The van der Waals surface area contributed by atoms with Gasteiger partial charge in [-0.2, -0.15) is 0 Å². The Morgan fingerprint density at radius 2 is 1.08 bits per heavy atom. The Kier molecular flexibility index (Phi) is 17.9. The third-order valence-electron chi connectivity index (χ3n) is 14.6. The number of allylic oxidation sites excluding steroid dienone is 1. The van der Waals surface area contributed by atoms with Gasteiger partial charge in [-0.15, -0.1) is 0 Å². The minimum absolute atomic E-state index is 0.0265. The lowest BCUT2D eigenvalue weighted by Crippen LogP contribution is -2.64. The van der Waals surface area contributed by atoms with Crippen LogP contribution in [0.5, 0.6) is 0 Å². The molecule has 3 aliphatic carbocycles. The van der Waals surface area contributed by atoms with E-state index < -0.39 is 185 Å². The predicted octanol–water partition coefficient (Wildman–Crippen LogP) is -7.23. The van der Waals surface area contributed by atoms with Gasteiger partial charge in [0.25, 0.3) is 0 Å². The molecule has 0 amide bonds. The first-order chi connectivity index (χ1) is 31.4. The van der Waals surface area contributed by atoms with E-state index >= 15 is 0 Å². The molecule has 0 spiro atoms. The topological polar surface area (TPSA) is 398 Å². The highest BCUT2D eigenvalue weighted by Crippen LogP contribution is 2.44.